The van der Waals surface area contributed by atoms with Crippen molar-refractivity contribution >= 4 is 18.0 Å². The van der Waals surface area contributed by atoms with Crippen LogP contribution in [-0.2, 0) is 14.3 Å². The molecule has 4 N–H and O–H groups in total. The van der Waals surface area contributed by atoms with Gasteiger partial charge in [-0.15, -0.1) is 0 Å². The van der Waals surface area contributed by atoms with Crippen molar-refractivity contribution in [2.45, 2.75) is 12.1 Å². The molecule has 0 heterocycles. The largest absolute Gasteiger partial charge is 0.480 e. The van der Waals surface area contributed by atoms with Crippen molar-refractivity contribution in [3.63, 3.8) is 0 Å². The van der Waals surface area contributed by atoms with E-state index in [1.807, 2.05) is 5.32 Å². The van der Waals surface area contributed by atoms with E-state index in [1.165, 1.54) is 7.11 Å². The second-order valence-corrected chi connectivity index (χ2v) is 4.06. The minimum Gasteiger partial charge on any atom is -0.480 e. The molecule has 1 aromatic rings. The molecule has 21 heavy (non-hydrogen) atoms. The van der Waals surface area contributed by atoms with E-state index in [-0.39, 0.29) is 0 Å². The van der Waals surface area contributed by atoms with E-state index in [1.54, 1.807) is 30.3 Å². The Bertz CT molecular complexity index is 505. The molecule has 114 valence electrons. The summed E-state index contributed by atoms with van der Waals surface area (Å²) < 4.78 is 4.60. The van der Waals surface area contributed by atoms with Gasteiger partial charge in [0.25, 0.3) is 0 Å². The molecule has 0 saturated carbocycles. The number of methoxy groups -OCH3 is 1. The molecule has 0 aliphatic rings. The van der Waals surface area contributed by atoms with Gasteiger partial charge in [0.1, 0.15) is 0 Å². The summed E-state index contributed by atoms with van der Waals surface area (Å²) in [6.45, 7) is -0.767. The zero-order valence-corrected chi connectivity index (χ0v) is 11.3. The molecule has 0 bridgehead atoms. The number of amides is 2. The number of aliphatic hydroxyl groups is 1. The molecule has 8 heteroatoms. The van der Waals surface area contributed by atoms with Crippen LogP contribution in [0, 0.1) is 0 Å². The molecule has 0 saturated heterocycles. The van der Waals surface area contributed by atoms with Crippen molar-refractivity contribution in [2.75, 3.05) is 13.7 Å². The maximum Gasteiger partial charge on any atom is 0.333 e. The maximum absolute atomic E-state index is 11.7. The number of carboxylic acid groups (broad SMARTS) is 1. The van der Waals surface area contributed by atoms with Gasteiger partial charge in [-0.1, -0.05) is 30.3 Å². The highest BCUT2D eigenvalue weighted by Gasteiger charge is 2.25. The first-order chi connectivity index (χ1) is 9.99. The fourth-order valence-corrected chi connectivity index (χ4v) is 1.56. The van der Waals surface area contributed by atoms with Gasteiger partial charge < -0.3 is 25.6 Å². The highest BCUT2D eigenvalue weighted by Crippen LogP contribution is 2.13. The van der Waals surface area contributed by atoms with E-state index < -0.39 is 36.7 Å². The molecule has 0 spiro atoms. The summed E-state index contributed by atoms with van der Waals surface area (Å²) >= 11 is 0. The van der Waals surface area contributed by atoms with Crippen molar-refractivity contribution in [1.82, 2.24) is 10.6 Å². The lowest BCUT2D eigenvalue weighted by Crippen LogP contribution is -2.49. The molecule has 2 amide bonds. The molecule has 1 rings (SSSR count). The number of urea groups is 1. The number of hydrogen-bond donors (Lipinski definition) is 4. The van der Waals surface area contributed by atoms with E-state index >= 15 is 0 Å². The quantitative estimate of drug-likeness (QED) is 0.532. The number of aliphatic hydroxyl groups excluding tert-OH is 1. The Morgan fingerprint density at radius 3 is 2.29 bits per heavy atom. The third kappa shape index (κ3) is 4.77. The summed E-state index contributed by atoms with van der Waals surface area (Å²) in [4.78, 5) is 34.1. The Morgan fingerprint density at radius 1 is 1.19 bits per heavy atom. The molecule has 0 radical (unpaired) electrons. The summed E-state index contributed by atoms with van der Waals surface area (Å²) in [5, 5.41) is 21.9. The van der Waals surface area contributed by atoms with Crippen LogP contribution in [-0.4, -0.2) is 47.9 Å². The van der Waals surface area contributed by atoms with Crippen LogP contribution in [0.25, 0.3) is 0 Å². The van der Waals surface area contributed by atoms with Crippen molar-refractivity contribution < 1.29 is 29.3 Å². The van der Waals surface area contributed by atoms with Crippen LogP contribution in [0.1, 0.15) is 11.6 Å². The second-order valence-electron chi connectivity index (χ2n) is 4.06. The number of carbonyl (C=O) groups is 3. The number of rotatable bonds is 6. The van der Waals surface area contributed by atoms with Gasteiger partial charge in [-0.25, -0.2) is 14.4 Å². The smallest absolute Gasteiger partial charge is 0.333 e. The van der Waals surface area contributed by atoms with Crippen LogP contribution in [0.15, 0.2) is 30.3 Å². The van der Waals surface area contributed by atoms with Gasteiger partial charge in [0.05, 0.1) is 13.7 Å². The molecule has 2 atom stereocenters. The normalized spacial score (nSPS) is 12.9. The fraction of sp³-hybridized carbons (Fsp3) is 0.308. The monoisotopic (exact) mass is 296 g/mol. The molecule has 1 unspecified atom stereocenters. The number of ether oxygens (including phenoxy) is 1. The van der Waals surface area contributed by atoms with Crippen molar-refractivity contribution in [3.8, 4) is 0 Å². The summed E-state index contributed by atoms with van der Waals surface area (Å²) in [5.41, 5.74) is 0.482. The predicted octanol–water partition coefficient (Wildman–Crippen LogP) is -0.355. The number of aliphatic carboxylic acids is 1. The predicted molar refractivity (Wildman–Crippen MR) is 71.4 cm³/mol. The summed E-state index contributed by atoms with van der Waals surface area (Å²) in [7, 11) is 1.17. The minimum atomic E-state index is -1.46. The van der Waals surface area contributed by atoms with Gasteiger partial charge in [0.2, 0.25) is 0 Å². The maximum atomic E-state index is 11.7. The summed E-state index contributed by atoms with van der Waals surface area (Å²) in [6, 6.07) is 4.88. The van der Waals surface area contributed by atoms with E-state index in [4.69, 9.17) is 10.2 Å². The molecular formula is C13H16N2O6. The second kappa shape index (κ2) is 7.85. The third-order valence-electron chi connectivity index (χ3n) is 2.63. The van der Waals surface area contributed by atoms with E-state index in [2.05, 4.69) is 10.1 Å². The number of carboxylic acids is 1. The van der Waals surface area contributed by atoms with E-state index in [9.17, 15) is 14.4 Å². The van der Waals surface area contributed by atoms with Crippen molar-refractivity contribution in [2.24, 2.45) is 0 Å². The molecule has 1 aromatic carbocycles. The first kappa shape index (κ1) is 16.4. The molecule has 0 fully saturated rings. The highest BCUT2D eigenvalue weighted by atomic mass is 16.5. The van der Waals surface area contributed by atoms with Gasteiger partial charge in [0, 0.05) is 0 Å². The average Bonchev–Trinajstić information content (AvgIpc) is 2.50. The number of nitrogens with one attached hydrogen (secondary N) is 2. The summed E-state index contributed by atoms with van der Waals surface area (Å²) in [6.07, 6.45) is 0. The lowest BCUT2D eigenvalue weighted by molar-refractivity contribution is -0.143. The zero-order valence-electron chi connectivity index (χ0n) is 11.3. The number of benzene rings is 1. The third-order valence-corrected chi connectivity index (χ3v) is 2.63. The number of esters is 1. The Kier molecular flexibility index (Phi) is 6.15. The molecule has 8 nitrogen and oxygen atoms in total. The topological polar surface area (TPSA) is 125 Å². The highest BCUT2D eigenvalue weighted by molar-refractivity contribution is 5.87. The Balaban J connectivity index is 2.80. The first-order valence-corrected chi connectivity index (χ1v) is 6.03. The van der Waals surface area contributed by atoms with E-state index in [0.29, 0.717) is 5.56 Å². The van der Waals surface area contributed by atoms with Crippen LogP contribution >= 0.6 is 0 Å². The average molecular weight is 296 g/mol. The lowest BCUT2D eigenvalue weighted by Gasteiger charge is -2.19. The standard InChI is InChI=1S/C13H16N2O6/c1-21-12(19)10(8-5-3-2-4-6-8)15-13(20)14-9(7-16)11(17)18/h2-6,9-10,16H,7H2,1H3,(H,17,18)(H2,14,15,20)/t9-,10?/m1/s1. The molecule has 0 aliphatic heterocycles. The molecule has 0 aromatic heterocycles. The van der Waals surface area contributed by atoms with Crippen LogP contribution < -0.4 is 10.6 Å². The van der Waals surface area contributed by atoms with Crippen LogP contribution in [0.2, 0.25) is 0 Å². The van der Waals surface area contributed by atoms with Crippen molar-refractivity contribution in [1.29, 1.82) is 0 Å². The Hall–Kier alpha value is -2.61. The van der Waals surface area contributed by atoms with Gasteiger partial charge in [-0.2, -0.15) is 0 Å². The van der Waals surface area contributed by atoms with Crippen LogP contribution in [0.5, 0.6) is 0 Å². The SMILES string of the molecule is COC(=O)C(NC(=O)N[C@H](CO)C(=O)O)c1ccccc1. The number of hydrogen-bond acceptors (Lipinski definition) is 5. The molecule has 0 aliphatic carbocycles. The van der Waals surface area contributed by atoms with Crippen LogP contribution in [0.3, 0.4) is 0 Å². The van der Waals surface area contributed by atoms with Gasteiger partial charge >= 0.3 is 18.0 Å². The van der Waals surface area contributed by atoms with Gasteiger partial charge in [-0.05, 0) is 5.56 Å². The first-order valence-electron chi connectivity index (χ1n) is 6.03. The summed E-state index contributed by atoms with van der Waals surface area (Å²) in [5.74, 6) is -2.09. The van der Waals surface area contributed by atoms with Crippen LogP contribution in [0.4, 0.5) is 4.79 Å². The molecular weight excluding hydrogens is 280 g/mol. The van der Waals surface area contributed by atoms with E-state index in [0.717, 1.165) is 0 Å². The Labute approximate surface area is 120 Å². The minimum absolute atomic E-state index is 0.482. The number of carbonyl (C=O) groups excluding carboxylic acids is 2. The van der Waals surface area contributed by atoms with Gasteiger partial charge in [-0.3, -0.25) is 0 Å². The Morgan fingerprint density at radius 2 is 1.81 bits per heavy atom. The van der Waals surface area contributed by atoms with Crippen molar-refractivity contribution in [3.05, 3.63) is 35.9 Å². The lowest BCUT2D eigenvalue weighted by atomic mass is 10.1. The fourth-order valence-electron chi connectivity index (χ4n) is 1.56. The zero-order chi connectivity index (χ0) is 15.8. The van der Waals surface area contributed by atoms with Gasteiger partial charge in [0.15, 0.2) is 12.1 Å².